The number of nitrogens with zero attached hydrogens (tertiary/aromatic N) is 3. The van der Waals surface area contributed by atoms with Crippen LogP contribution >= 0.6 is 0 Å². The Balaban J connectivity index is 2.73. The molecular weight excluding hydrogens is 285 g/mol. The number of halogens is 1. The monoisotopic (exact) mass is 309 g/mol. The van der Waals surface area contributed by atoms with Crippen molar-refractivity contribution in [1.29, 1.82) is 0 Å². The predicted molar refractivity (Wildman–Crippen MR) is 84.9 cm³/mol. The lowest BCUT2D eigenvalue weighted by molar-refractivity contribution is -0.127. The van der Waals surface area contributed by atoms with Crippen molar-refractivity contribution in [3.05, 3.63) is 29.8 Å². The maximum absolute atomic E-state index is 13.6. The van der Waals surface area contributed by atoms with Gasteiger partial charge >= 0.3 is 0 Å². The van der Waals surface area contributed by atoms with Crippen molar-refractivity contribution in [2.75, 3.05) is 20.6 Å². The first-order chi connectivity index (χ1) is 10.4. The third-order valence-corrected chi connectivity index (χ3v) is 3.12. The number of likely N-dealkylation sites (N-methyl/N-ethyl adjacent to an activating group) is 1. The smallest absolute Gasteiger partial charge is 0.241 e. The van der Waals surface area contributed by atoms with Gasteiger partial charge in [-0.25, -0.2) is 9.38 Å². The number of carbonyl (C=O) groups excluding carboxylic acids is 1. The van der Waals surface area contributed by atoms with Crippen molar-refractivity contribution >= 4 is 11.9 Å². The number of hydrogen-bond acceptors (Lipinski definition) is 3. The van der Waals surface area contributed by atoms with Gasteiger partial charge in [-0.1, -0.05) is 6.92 Å². The lowest BCUT2D eigenvalue weighted by Crippen LogP contribution is -2.45. The Kier molecular flexibility index (Phi) is 7.28. The van der Waals surface area contributed by atoms with Crippen LogP contribution in [0.1, 0.15) is 26.0 Å². The number of guanidine groups is 1. The lowest BCUT2D eigenvalue weighted by Gasteiger charge is -2.18. The number of aromatic nitrogens is 1. The molecule has 1 heterocycles. The van der Waals surface area contributed by atoms with Gasteiger partial charge in [-0.15, -0.1) is 0 Å². The van der Waals surface area contributed by atoms with Crippen LogP contribution in [0.4, 0.5) is 4.39 Å². The maximum Gasteiger partial charge on any atom is 0.241 e. The fourth-order valence-electron chi connectivity index (χ4n) is 1.49. The summed E-state index contributed by atoms with van der Waals surface area (Å²) in [5.74, 6) is 0.00998. The highest BCUT2D eigenvalue weighted by atomic mass is 19.1. The molecule has 6 nitrogen and oxygen atoms in total. The highest BCUT2D eigenvalue weighted by Gasteiger charge is 2.09. The molecule has 7 heteroatoms. The van der Waals surface area contributed by atoms with Gasteiger partial charge in [-0.3, -0.25) is 9.78 Å². The molecule has 0 fully saturated rings. The second-order valence-electron chi connectivity index (χ2n) is 5.19. The summed E-state index contributed by atoms with van der Waals surface area (Å²) in [6, 6.07) is 3.08. The molecule has 1 aromatic rings. The van der Waals surface area contributed by atoms with Crippen LogP contribution in [0.25, 0.3) is 0 Å². The van der Waals surface area contributed by atoms with Crippen LogP contribution in [0, 0.1) is 5.82 Å². The maximum atomic E-state index is 13.6. The third kappa shape index (κ3) is 6.07. The average molecular weight is 309 g/mol. The zero-order chi connectivity index (χ0) is 16.5. The first-order valence-corrected chi connectivity index (χ1v) is 7.28. The van der Waals surface area contributed by atoms with Crippen molar-refractivity contribution in [1.82, 2.24) is 20.5 Å². The van der Waals surface area contributed by atoms with Crippen molar-refractivity contribution in [2.45, 2.75) is 32.9 Å². The number of nitrogens with one attached hydrogen (secondary N) is 2. The molecular formula is C15H24FN5O. The molecule has 1 unspecified atom stereocenters. The number of hydrogen-bond donors (Lipinski definition) is 2. The Morgan fingerprint density at radius 2 is 2.23 bits per heavy atom. The summed E-state index contributed by atoms with van der Waals surface area (Å²) in [5, 5.41) is 6.12. The van der Waals surface area contributed by atoms with E-state index in [-0.39, 0.29) is 30.7 Å². The second kappa shape index (κ2) is 8.96. The Hall–Kier alpha value is -2.18. The van der Waals surface area contributed by atoms with Crippen LogP contribution in [0.15, 0.2) is 23.3 Å². The van der Waals surface area contributed by atoms with E-state index in [0.717, 1.165) is 6.42 Å². The summed E-state index contributed by atoms with van der Waals surface area (Å²) in [7, 11) is 3.37. The van der Waals surface area contributed by atoms with E-state index >= 15 is 0 Å². The first-order valence-electron chi connectivity index (χ1n) is 7.28. The molecule has 1 atom stereocenters. The molecule has 1 amide bonds. The minimum absolute atomic E-state index is 0.0670. The Morgan fingerprint density at radius 1 is 1.50 bits per heavy atom. The van der Waals surface area contributed by atoms with Crippen molar-refractivity contribution in [3.63, 3.8) is 0 Å². The molecule has 0 aliphatic rings. The number of carbonyl (C=O) groups is 1. The van der Waals surface area contributed by atoms with Crippen molar-refractivity contribution in [3.8, 4) is 0 Å². The van der Waals surface area contributed by atoms with Crippen LogP contribution in [0.2, 0.25) is 0 Å². The summed E-state index contributed by atoms with van der Waals surface area (Å²) < 4.78 is 13.6. The van der Waals surface area contributed by atoms with E-state index in [0.29, 0.717) is 5.96 Å². The van der Waals surface area contributed by atoms with Gasteiger partial charge in [0.05, 0.1) is 18.8 Å². The molecule has 0 spiro atoms. The number of aliphatic imine (C=N–C) groups is 1. The molecule has 0 saturated heterocycles. The van der Waals surface area contributed by atoms with Gasteiger partial charge < -0.3 is 15.5 Å². The Bertz CT molecular complexity index is 518. The molecule has 22 heavy (non-hydrogen) atoms. The van der Waals surface area contributed by atoms with E-state index in [1.54, 1.807) is 14.1 Å². The standard InChI is InChI=1S/C15H24FN5O/c1-5-11(2)20-15(19-10-14(22)21(3)4)18-9-13-12(16)7-6-8-17-13/h6-8,11H,5,9-10H2,1-4H3,(H2,18,19,20). The summed E-state index contributed by atoms with van der Waals surface area (Å²) in [4.78, 5) is 21.4. The highest BCUT2D eigenvalue weighted by molar-refractivity contribution is 5.86. The summed E-state index contributed by atoms with van der Waals surface area (Å²) in [6.07, 6.45) is 2.43. The van der Waals surface area contributed by atoms with E-state index in [1.165, 1.54) is 23.2 Å². The Morgan fingerprint density at radius 3 is 2.82 bits per heavy atom. The Labute approximate surface area is 130 Å². The van der Waals surface area contributed by atoms with Gasteiger partial charge in [0.1, 0.15) is 5.82 Å². The number of pyridine rings is 1. The molecule has 0 aliphatic carbocycles. The SMILES string of the molecule is CCC(C)NC(=NCc1ncccc1F)NCC(=O)N(C)C. The number of amides is 1. The average Bonchev–Trinajstić information content (AvgIpc) is 2.50. The molecule has 2 N–H and O–H groups in total. The molecule has 1 rings (SSSR count). The lowest BCUT2D eigenvalue weighted by atomic mass is 10.3. The van der Waals surface area contributed by atoms with Crippen LogP contribution in [0.3, 0.4) is 0 Å². The summed E-state index contributed by atoms with van der Waals surface area (Å²) in [5.41, 5.74) is 0.270. The van der Waals surface area contributed by atoms with Crippen LogP contribution in [-0.2, 0) is 11.3 Å². The quantitative estimate of drug-likeness (QED) is 0.611. The topological polar surface area (TPSA) is 69.6 Å². The summed E-state index contributed by atoms with van der Waals surface area (Å²) in [6.45, 7) is 4.28. The zero-order valence-corrected chi connectivity index (χ0v) is 13.6. The van der Waals surface area contributed by atoms with Crippen molar-refractivity contribution in [2.24, 2.45) is 4.99 Å². The van der Waals surface area contributed by atoms with Gasteiger partial charge in [0.25, 0.3) is 0 Å². The fraction of sp³-hybridized carbons (Fsp3) is 0.533. The van der Waals surface area contributed by atoms with E-state index in [1.807, 2.05) is 13.8 Å². The van der Waals surface area contributed by atoms with Crippen LogP contribution < -0.4 is 10.6 Å². The van der Waals surface area contributed by atoms with E-state index < -0.39 is 5.82 Å². The zero-order valence-electron chi connectivity index (χ0n) is 13.6. The van der Waals surface area contributed by atoms with E-state index in [2.05, 4.69) is 20.6 Å². The fourth-order valence-corrected chi connectivity index (χ4v) is 1.49. The molecule has 0 radical (unpaired) electrons. The normalized spacial score (nSPS) is 12.7. The minimum atomic E-state index is -0.390. The second-order valence-corrected chi connectivity index (χ2v) is 5.19. The molecule has 0 aromatic carbocycles. The minimum Gasteiger partial charge on any atom is -0.354 e. The highest BCUT2D eigenvalue weighted by Crippen LogP contribution is 2.03. The van der Waals surface area contributed by atoms with Gasteiger partial charge in [-0.05, 0) is 25.5 Å². The van der Waals surface area contributed by atoms with Gasteiger partial charge in [0.2, 0.25) is 5.91 Å². The van der Waals surface area contributed by atoms with Crippen LogP contribution in [-0.4, -0.2) is 48.4 Å². The molecule has 0 aliphatic heterocycles. The van der Waals surface area contributed by atoms with Gasteiger partial charge in [0, 0.05) is 26.3 Å². The first kappa shape index (κ1) is 17.9. The molecule has 0 bridgehead atoms. The molecule has 0 saturated carbocycles. The third-order valence-electron chi connectivity index (χ3n) is 3.12. The number of rotatable bonds is 6. The molecule has 1 aromatic heterocycles. The summed E-state index contributed by atoms with van der Waals surface area (Å²) >= 11 is 0. The van der Waals surface area contributed by atoms with Crippen molar-refractivity contribution < 1.29 is 9.18 Å². The van der Waals surface area contributed by atoms with Gasteiger partial charge in [0.15, 0.2) is 5.96 Å². The van der Waals surface area contributed by atoms with E-state index in [4.69, 9.17) is 0 Å². The predicted octanol–water partition coefficient (Wildman–Crippen LogP) is 1.14. The van der Waals surface area contributed by atoms with Gasteiger partial charge in [-0.2, -0.15) is 0 Å². The van der Waals surface area contributed by atoms with E-state index in [9.17, 15) is 9.18 Å². The van der Waals surface area contributed by atoms with Crippen LogP contribution in [0.5, 0.6) is 0 Å². The molecule has 122 valence electrons. The largest absolute Gasteiger partial charge is 0.354 e.